The largest absolute Gasteiger partial charge is 0.312 e. The number of hydrogen-bond acceptors (Lipinski definition) is 2. The third kappa shape index (κ3) is 7.14. The number of benzene rings is 1. The lowest BCUT2D eigenvalue weighted by Crippen LogP contribution is -2.37. The highest BCUT2D eigenvalue weighted by molar-refractivity contribution is 9.10. The summed E-state index contributed by atoms with van der Waals surface area (Å²) in [5, 5.41) is 3.52. The summed E-state index contributed by atoms with van der Waals surface area (Å²) in [5.74, 6) is 0. The molecule has 0 spiro atoms. The van der Waals surface area contributed by atoms with Gasteiger partial charge in [0.1, 0.15) is 0 Å². The smallest absolute Gasteiger partial charge is 0.0231 e. The predicted molar refractivity (Wildman–Crippen MR) is 82.8 cm³/mol. The van der Waals surface area contributed by atoms with E-state index in [4.69, 9.17) is 0 Å². The van der Waals surface area contributed by atoms with Gasteiger partial charge < -0.3 is 10.2 Å². The quantitative estimate of drug-likeness (QED) is 0.806. The number of rotatable bonds is 6. The van der Waals surface area contributed by atoms with Crippen LogP contribution < -0.4 is 5.32 Å². The maximum Gasteiger partial charge on any atom is 0.0231 e. The summed E-state index contributed by atoms with van der Waals surface area (Å²) < 4.78 is 1.16. The zero-order valence-electron chi connectivity index (χ0n) is 12.0. The lowest BCUT2D eigenvalue weighted by atomic mass is 10.1. The van der Waals surface area contributed by atoms with Crippen LogP contribution in [0.3, 0.4) is 0 Å². The molecule has 0 saturated heterocycles. The van der Waals surface area contributed by atoms with Crippen molar-refractivity contribution in [3.05, 3.63) is 34.3 Å². The first-order valence-corrected chi connectivity index (χ1v) is 7.34. The highest BCUT2D eigenvalue weighted by Crippen LogP contribution is 2.13. The minimum Gasteiger partial charge on any atom is -0.312 e. The molecule has 0 aliphatic rings. The molecule has 18 heavy (non-hydrogen) atoms. The molecule has 0 aliphatic carbocycles. The highest BCUT2D eigenvalue weighted by Gasteiger charge is 2.07. The molecule has 0 fully saturated rings. The van der Waals surface area contributed by atoms with Gasteiger partial charge in [-0.15, -0.1) is 0 Å². The molecule has 0 aromatic heterocycles. The van der Waals surface area contributed by atoms with Gasteiger partial charge in [0, 0.05) is 16.6 Å². The van der Waals surface area contributed by atoms with Crippen LogP contribution in [0.2, 0.25) is 0 Å². The maximum absolute atomic E-state index is 3.52. The van der Waals surface area contributed by atoms with Crippen molar-refractivity contribution in [2.24, 2.45) is 0 Å². The topological polar surface area (TPSA) is 15.3 Å². The third-order valence-corrected chi connectivity index (χ3v) is 3.21. The van der Waals surface area contributed by atoms with Crippen molar-refractivity contribution in [1.82, 2.24) is 10.2 Å². The third-order valence-electron chi connectivity index (χ3n) is 2.71. The molecule has 1 rings (SSSR count). The molecule has 1 aromatic rings. The fourth-order valence-electron chi connectivity index (χ4n) is 1.84. The van der Waals surface area contributed by atoms with Crippen molar-refractivity contribution in [2.75, 3.05) is 20.1 Å². The Morgan fingerprint density at radius 2 is 2.00 bits per heavy atom. The van der Waals surface area contributed by atoms with E-state index < -0.39 is 0 Å². The molecule has 0 radical (unpaired) electrons. The van der Waals surface area contributed by atoms with Crippen LogP contribution >= 0.6 is 15.9 Å². The van der Waals surface area contributed by atoms with Gasteiger partial charge in [0.15, 0.2) is 0 Å². The van der Waals surface area contributed by atoms with Gasteiger partial charge in [-0.25, -0.2) is 0 Å². The minimum absolute atomic E-state index is 0.225. The van der Waals surface area contributed by atoms with Gasteiger partial charge >= 0.3 is 0 Å². The van der Waals surface area contributed by atoms with E-state index >= 15 is 0 Å². The van der Waals surface area contributed by atoms with Crippen LogP contribution in [-0.2, 0) is 6.54 Å². The Bertz CT molecular complexity index is 358. The molecular weight excluding hydrogens is 288 g/mol. The average Bonchev–Trinajstić information content (AvgIpc) is 2.23. The fourth-order valence-corrected chi connectivity index (χ4v) is 2.29. The summed E-state index contributed by atoms with van der Waals surface area (Å²) in [5.41, 5.74) is 1.58. The molecule has 102 valence electrons. The molecule has 0 saturated carbocycles. The predicted octanol–water partition coefficient (Wildman–Crippen LogP) is 3.66. The van der Waals surface area contributed by atoms with Crippen molar-refractivity contribution in [2.45, 2.75) is 39.3 Å². The summed E-state index contributed by atoms with van der Waals surface area (Å²) in [6, 6.07) is 8.52. The van der Waals surface area contributed by atoms with E-state index in [0.29, 0.717) is 0 Å². The summed E-state index contributed by atoms with van der Waals surface area (Å²) in [4.78, 5) is 2.37. The molecular formula is C15H25BrN2. The number of nitrogens with zero attached hydrogens (tertiary/aromatic N) is 1. The Morgan fingerprint density at radius 1 is 1.28 bits per heavy atom. The van der Waals surface area contributed by atoms with E-state index in [2.05, 4.69) is 78.2 Å². The SMILES string of the molecule is CN(CCCNC(C)(C)C)Cc1cccc(Br)c1. The molecule has 3 heteroatoms. The first-order valence-electron chi connectivity index (χ1n) is 6.55. The zero-order chi connectivity index (χ0) is 13.6. The normalized spacial score (nSPS) is 12.1. The molecule has 1 aromatic carbocycles. The molecule has 0 amide bonds. The van der Waals surface area contributed by atoms with Crippen molar-refractivity contribution in [3.8, 4) is 0 Å². The first kappa shape index (κ1) is 15.7. The van der Waals surface area contributed by atoms with Crippen molar-refractivity contribution >= 4 is 15.9 Å². The summed E-state index contributed by atoms with van der Waals surface area (Å²) in [7, 11) is 2.18. The van der Waals surface area contributed by atoms with Gasteiger partial charge in [0.25, 0.3) is 0 Å². The van der Waals surface area contributed by atoms with Crippen LogP contribution in [0, 0.1) is 0 Å². The second kappa shape index (κ2) is 7.27. The zero-order valence-corrected chi connectivity index (χ0v) is 13.5. The Hall–Kier alpha value is -0.380. The second-order valence-electron chi connectivity index (χ2n) is 5.90. The lowest BCUT2D eigenvalue weighted by molar-refractivity contribution is 0.310. The minimum atomic E-state index is 0.225. The van der Waals surface area contributed by atoms with Gasteiger partial charge in [0.2, 0.25) is 0 Å². The van der Waals surface area contributed by atoms with Gasteiger partial charge in [-0.3, -0.25) is 0 Å². The van der Waals surface area contributed by atoms with Gasteiger partial charge in [-0.2, -0.15) is 0 Å². The van der Waals surface area contributed by atoms with Crippen LogP contribution in [-0.4, -0.2) is 30.6 Å². The van der Waals surface area contributed by atoms with Crippen molar-refractivity contribution in [1.29, 1.82) is 0 Å². The standard InChI is InChI=1S/C15H25BrN2/c1-15(2,3)17-9-6-10-18(4)12-13-7-5-8-14(16)11-13/h5,7-8,11,17H,6,9-10,12H2,1-4H3. The highest BCUT2D eigenvalue weighted by atomic mass is 79.9. The van der Waals surface area contributed by atoms with E-state index in [-0.39, 0.29) is 5.54 Å². The Kier molecular flexibility index (Phi) is 6.33. The molecule has 0 aliphatic heterocycles. The average molecular weight is 313 g/mol. The Morgan fingerprint density at radius 3 is 2.61 bits per heavy atom. The Labute approximate surface area is 120 Å². The van der Waals surface area contributed by atoms with Gasteiger partial charge in [-0.05, 0) is 65.0 Å². The molecule has 0 unspecified atom stereocenters. The first-order chi connectivity index (χ1) is 8.37. The molecule has 0 bridgehead atoms. The van der Waals surface area contributed by atoms with E-state index in [1.807, 2.05) is 0 Å². The Balaban J connectivity index is 2.24. The van der Waals surface area contributed by atoms with Crippen molar-refractivity contribution in [3.63, 3.8) is 0 Å². The number of nitrogens with one attached hydrogen (secondary N) is 1. The van der Waals surface area contributed by atoms with Crippen LogP contribution in [0.5, 0.6) is 0 Å². The van der Waals surface area contributed by atoms with Gasteiger partial charge in [-0.1, -0.05) is 28.1 Å². The van der Waals surface area contributed by atoms with Gasteiger partial charge in [0.05, 0.1) is 0 Å². The monoisotopic (exact) mass is 312 g/mol. The van der Waals surface area contributed by atoms with E-state index in [0.717, 1.165) is 24.1 Å². The molecule has 0 heterocycles. The van der Waals surface area contributed by atoms with Crippen LogP contribution in [0.4, 0.5) is 0 Å². The number of hydrogen-bond donors (Lipinski definition) is 1. The van der Waals surface area contributed by atoms with Crippen molar-refractivity contribution < 1.29 is 0 Å². The second-order valence-corrected chi connectivity index (χ2v) is 6.81. The van der Waals surface area contributed by atoms with Crippen LogP contribution in [0.1, 0.15) is 32.8 Å². The van der Waals surface area contributed by atoms with Crippen LogP contribution in [0.25, 0.3) is 0 Å². The summed E-state index contributed by atoms with van der Waals surface area (Å²) in [6.45, 7) is 9.82. The molecule has 2 nitrogen and oxygen atoms in total. The summed E-state index contributed by atoms with van der Waals surface area (Å²) in [6.07, 6.45) is 1.18. The van der Waals surface area contributed by atoms with E-state index in [1.165, 1.54) is 12.0 Å². The van der Waals surface area contributed by atoms with Crippen LogP contribution in [0.15, 0.2) is 28.7 Å². The maximum atomic E-state index is 3.52. The van der Waals surface area contributed by atoms with E-state index in [9.17, 15) is 0 Å². The lowest BCUT2D eigenvalue weighted by Gasteiger charge is -2.22. The fraction of sp³-hybridized carbons (Fsp3) is 0.600. The molecule has 1 N–H and O–H groups in total. The number of halogens is 1. The van der Waals surface area contributed by atoms with E-state index in [1.54, 1.807) is 0 Å². The molecule has 0 atom stereocenters. The summed E-state index contributed by atoms with van der Waals surface area (Å²) >= 11 is 3.51.